The van der Waals surface area contributed by atoms with Gasteiger partial charge in [-0.25, -0.2) is 14.8 Å². The molecule has 2 aromatic heterocycles. The summed E-state index contributed by atoms with van der Waals surface area (Å²) in [6, 6.07) is 6.05. The highest BCUT2D eigenvalue weighted by Crippen LogP contribution is 2.23. The van der Waals surface area contributed by atoms with E-state index in [2.05, 4.69) is 9.97 Å². The average Bonchev–Trinajstić information content (AvgIpc) is 2.93. The molecule has 0 atom stereocenters. The van der Waals surface area contributed by atoms with Gasteiger partial charge >= 0.3 is 12.1 Å². The molecule has 0 aliphatic rings. The zero-order valence-corrected chi connectivity index (χ0v) is 16.9. The van der Waals surface area contributed by atoms with Gasteiger partial charge in [-0.2, -0.15) is 13.2 Å². The second-order valence-electron chi connectivity index (χ2n) is 7.08. The van der Waals surface area contributed by atoms with Gasteiger partial charge in [-0.15, -0.1) is 0 Å². The molecule has 9 heteroatoms. The van der Waals surface area contributed by atoms with Crippen molar-refractivity contribution in [2.45, 2.75) is 40.4 Å². The molecule has 30 heavy (non-hydrogen) atoms. The minimum atomic E-state index is -4.41. The molecule has 3 aromatic rings. The Morgan fingerprint density at radius 2 is 1.63 bits per heavy atom. The van der Waals surface area contributed by atoms with E-state index in [1.165, 1.54) is 32.0 Å². The Labute approximate surface area is 170 Å². The number of benzene rings is 1. The van der Waals surface area contributed by atoms with Gasteiger partial charge in [-0.1, -0.05) is 0 Å². The van der Waals surface area contributed by atoms with Crippen molar-refractivity contribution in [1.29, 1.82) is 0 Å². The van der Waals surface area contributed by atoms with E-state index in [9.17, 15) is 22.8 Å². The van der Waals surface area contributed by atoms with Crippen LogP contribution in [0.5, 0.6) is 0 Å². The fourth-order valence-electron chi connectivity index (χ4n) is 3.16. The molecule has 158 valence electrons. The molecule has 6 nitrogen and oxygen atoms in total. The molecule has 0 spiro atoms. The highest BCUT2D eigenvalue weighted by atomic mass is 19.4. The number of Topliss-reactive ketones (excluding diaryl/α,β-unsaturated/α-hetero) is 1. The first kappa shape index (κ1) is 21.5. The molecule has 0 saturated carbocycles. The first-order valence-electron chi connectivity index (χ1n) is 9.15. The summed E-state index contributed by atoms with van der Waals surface area (Å²) in [4.78, 5) is 33.5. The Bertz CT molecular complexity index is 1150. The number of rotatable bonds is 5. The average molecular weight is 419 g/mol. The maximum absolute atomic E-state index is 12.7. The molecule has 1 aromatic carbocycles. The largest absolute Gasteiger partial charge is 0.454 e. The lowest BCUT2D eigenvalue weighted by Gasteiger charge is -2.12. The number of alkyl halides is 3. The topological polar surface area (TPSA) is 74.1 Å². The van der Waals surface area contributed by atoms with Crippen molar-refractivity contribution < 1.29 is 27.5 Å². The number of aromatic nitrogens is 3. The number of nitrogens with zero attached hydrogens (tertiary/aromatic N) is 3. The third-order valence-electron chi connectivity index (χ3n) is 4.86. The molecule has 0 radical (unpaired) electrons. The molecule has 0 aliphatic carbocycles. The maximum atomic E-state index is 12.7. The zero-order chi connectivity index (χ0) is 22.2. The molecule has 2 heterocycles. The normalized spacial score (nSPS) is 11.7. The van der Waals surface area contributed by atoms with Crippen LogP contribution < -0.4 is 0 Å². The fraction of sp³-hybridized carbons (Fsp3) is 0.333. The first-order valence-corrected chi connectivity index (χ1v) is 9.15. The number of aryl methyl sites for hydroxylation is 3. The van der Waals surface area contributed by atoms with Gasteiger partial charge in [0.15, 0.2) is 6.61 Å². The summed E-state index contributed by atoms with van der Waals surface area (Å²) in [5.74, 6) is -1.30. The van der Waals surface area contributed by atoms with Gasteiger partial charge in [0, 0.05) is 17.0 Å². The predicted octanol–water partition coefficient (Wildman–Crippen LogP) is 4.27. The minimum absolute atomic E-state index is 0.0972. The van der Waals surface area contributed by atoms with Crippen molar-refractivity contribution >= 4 is 22.8 Å². The lowest BCUT2D eigenvalue weighted by molar-refractivity contribution is -0.141. The second kappa shape index (κ2) is 7.89. The van der Waals surface area contributed by atoms with Crippen LogP contribution >= 0.6 is 0 Å². The molecule has 0 fully saturated rings. The van der Waals surface area contributed by atoms with Crippen LogP contribution in [0.4, 0.5) is 13.2 Å². The Balaban J connectivity index is 1.73. The zero-order valence-electron chi connectivity index (χ0n) is 16.9. The maximum Gasteiger partial charge on any atom is 0.406 e. The molecule has 3 rings (SSSR count). The van der Waals surface area contributed by atoms with E-state index in [1.807, 2.05) is 6.92 Å². The number of hydrogen-bond donors (Lipinski definition) is 0. The SMILES string of the molecule is Cc1nc2ccc(C(=O)OCC(=O)c3cc(C)n(CC(F)(F)F)c3C)cc2nc1C. The van der Waals surface area contributed by atoms with Gasteiger partial charge < -0.3 is 9.30 Å². The van der Waals surface area contributed by atoms with E-state index in [1.54, 1.807) is 13.0 Å². The Morgan fingerprint density at radius 1 is 1.00 bits per heavy atom. The van der Waals surface area contributed by atoms with E-state index in [4.69, 9.17) is 4.74 Å². The Kier molecular flexibility index (Phi) is 5.65. The van der Waals surface area contributed by atoms with E-state index >= 15 is 0 Å². The fourth-order valence-corrected chi connectivity index (χ4v) is 3.16. The lowest BCUT2D eigenvalue weighted by atomic mass is 10.1. The number of hydrogen-bond acceptors (Lipinski definition) is 5. The highest BCUT2D eigenvalue weighted by molar-refractivity contribution is 6.01. The van der Waals surface area contributed by atoms with Crippen molar-refractivity contribution in [1.82, 2.24) is 14.5 Å². The van der Waals surface area contributed by atoms with E-state index in [0.717, 1.165) is 16.0 Å². The van der Waals surface area contributed by atoms with Gasteiger partial charge in [0.05, 0.1) is 28.0 Å². The van der Waals surface area contributed by atoms with Gasteiger partial charge in [0.25, 0.3) is 0 Å². The monoisotopic (exact) mass is 419 g/mol. The number of esters is 1. The van der Waals surface area contributed by atoms with E-state index in [-0.39, 0.29) is 16.8 Å². The van der Waals surface area contributed by atoms with Gasteiger partial charge in [0.1, 0.15) is 6.54 Å². The van der Waals surface area contributed by atoms with Crippen LogP contribution in [0.3, 0.4) is 0 Å². The Hall–Kier alpha value is -3.23. The van der Waals surface area contributed by atoms with Crippen LogP contribution in [-0.2, 0) is 11.3 Å². The van der Waals surface area contributed by atoms with Crippen LogP contribution in [0.15, 0.2) is 24.3 Å². The highest BCUT2D eigenvalue weighted by Gasteiger charge is 2.30. The van der Waals surface area contributed by atoms with Crippen molar-refractivity contribution in [3.63, 3.8) is 0 Å². The number of ether oxygens (including phenoxy) is 1. The van der Waals surface area contributed by atoms with Crippen molar-refractivity contribution in [3.05, 3.63) is 58.2 Å². The summed E-state index contributed by atoms with van der Waals surface area (Å²) in [7, 11) is 0. The molecular weight excluding hydrogens is 399 g/mol. The summed E-state index contributed by atoms with van der Waals surface area (Å²) >= 11 is 0. The number of carbonyl (C=O) groups is 2. The Morgan fingerprint density at radius 3 is 2.27 bits per heavy atom. The van der Waals surface area contributed by atoms with Crippen LogP contribution in [0.25, 0.3) is 11.0 Å². The van der Waals surface area contributed by atoms with Crippen molar-refractivity contribution in [3.8, 4) is 0 Å². The van der Waals surface area contributed by atoms with Gasteiger partial charge in [-0.3, -0.25) is 4.79 Å². The minimum Gasteiger partial charge on any atom is -0.454 e. The number of fused-ring (bicyclic) bond motifs is 1. The standard InChI is InChI=1S/C21H20F3N3O3/c1-11-7-16(14(4)27(11)10-21(22,23)24)19(28)9-30-20(29)15-5-6-17-18(8-15)26-13(3)12(2)25-17/h5-8H,9-10H2,1-4H3. The molecule has 0 aliphatic heterocycles. The van der Waals surface area contributed by atoms with E-state index < -0.39 is 31.1 Å². The second-order valence-corrected chi connectivity index (χ2v) is 7.08. The lowest BCUT2D eigenvalue weighted by Crippen LogP contribution is -2.20. The van der Waals surface area contributed by atoms with Crippen molar-refractivity contribution in [2.24, 2.45) is 0 Å². The molecule has 0 unspecified atom stereocenters. The summed E-state index contributed by atoms with van der Waals surface area (Å²) in [5.41, 5.74) is 3.45. The number of ketones is 1. The van der Waals surface area contributed by atoms with Crippen LogP contribution in [0, 0.1) is 27.7 Å². The third kappa shape index (κ3) is 4.50. The number of halogens is 3. The van der Waals surface area contributed by atoms with Crippen LogP contribution in [0.2, 0.25) is 0 Å². The summed E-state index contributed by atoms with van der Waals surface area (Å²) < 4.78 is 44.3. The molecule has 0 N–H and O–H groups in total. The summed E-state index contributed by atoms with van der Waals surface area (Å²) in [5, 5.41) is 0. The van der Waals surface area contributed by atoms with E-state index in [0.29, 0.717) is 16.7 Å². The van der Waals surface area contributed by atoms with Crippen LogP contribution in [-0.4, -0.2) is 39.1 Å². The quantitative estimate of drug-likeness (QED) is 0.456. The predicted molar refractivity (Wildman–Crippen MR) is 104 cm³/mol. The summed E-state index contributed by atoms with van der Waals surface area (Å²) in [6.45, 7) is 4.80. The molecule has 0 amide bonds. The van der Waals surface area contributed by atoms with Crippen LogP contribution in [0.1, 0.15) is 43.5 Å². The smallest absolute Gasteiger partial charge is 0.406 e. The number of carbonyl (C=O) groups excluding carboxylic acids is 2. The third-order valence-corrected chi connectivity index (χ3v) is 4.86. The summed E-state index contributed by atoms with van der Waals surface area (Å²) in [6.07, 6.45) is -4.41. The van der Waals surface area contributed by atoms with Crippen molar-refractivity contribution in [2.75, 3.05) is 6.61 Å². The first-order chi connectivity index (χ1) is 14.0. The van der Waals surface area contributed by atoms with Gasteiger partial charge in [0.2, 0.25) is 5.78 Å². The molecule has 0 bridgehead atoms. The molecular formula is C21H20F3N3O3. The molecule has 0 saturated heterocycles. The van der Waals surface area contributed by atoms with Gasteiger partial charge in [-0.05, 0) is 52.0 Å².